The van der Waals surface area contributed by atoms with E-state index in [0.29, 0.717) is 12.3 Å². The van der Waals surface area contributed by atoms with Crippen LogP contribution in [0, 0.1) is 11.7 Å². The third-order valence-corrected chi connectivity index (χ3v) is 6.38. The van der Waals surface area contributed by atoms with E-state index < -0.39 is 5.60 Å². The van der Waals surface area contributed by atoms with Crippen LogP contribution in [0.2, 0.25) is 0 Å². The van der Waals surface area contributed by atoms with Gasteiger partial charge in [0.25, 0.3) is 0 Å². The minimum absolute atomic E-state index is 0.0434. The van der Waals surface area contributed by atoms with E-state index in [1.165, 1.54) is 11.6 Å². The standard InChI is InChI=1S/C25H34FNO2/c1-18(2)24-23-10-7-21(26)17-20(23)11-13-25(24,28)14-16-27(3)15-12-19-5-8-22(29-4)9-6-19/h5-10,17-18,24,28H,11-16H2,1-4H3/t24-,25-/m0/s1. The van der Waals surface area contributed by atoms with Crippen molar-refractivity contribution < 1.29 is 14.2 Å². The number of halogens is 1. The second-order valence-corrected chi connectivity index (χ2v) is 8.82. The largest absolute Gasteiger partial charge is 0.497 e. The van der Waals surface area contributed by atoms with Gasteiger partial charge in [-0.25, -0.2) is 4.39 Å². The highest BCUT2D eigenvalue weighted by Crippen LogP contribution is 2.45. The molecule has 2 aromatic rings. The molecule has 0 saturated carbocycles. The van der Waals surface area contributed by atoms with Crippen molar-refractivity contribution in [3.05, 3.63) is 65.0 Å². The zero-order chi connectivity index (χ0) is 21.0. The molecule has 4 heteroatoms. The van der Waals surface area contributed by atoms with Crippen LogP contribution in [-0.2, 0) is 12.8 Å². The Morgan fingerprint density at radius 3 is 2.55 bits per heavy atom. The first kappa shape index (κ1) is 21.8. The molecule has 0 aromatic heterocycles. The molecule has 0 spiro atoms. The fourth-order valence-corrected chi connectivity index (χ4v) is 4.76. The van der Waals surface area contributed by atoms with Crippen LogP contribution in [0.5, 0.6) is 5.75 Å². The van der Waals surface area contributed by atoms with Crippen molar-refractivity contribution in [2.45, 2.75) is 51.0 Å². The van der Waals surface area contributed by atoms with Crippen molar-refractivity contribution >= 4 is 0 Å². The summed E-state index contributed by atoms with van der Waals surface area (Å²) < 4.78 is 18.9. The maximum atomic E-state index is 13.7. The Morgan fingerprint density at radius 2 is 1.90 bits per heavy atom. The summed E-state index contributed by atoms with van der Waals surface area (Å²) in [5.74, 6) is 1.03. The molecule has 0 radical (unpaired) electrons. The average molecular weight is 400 g/mol. The first-order valence-corrected chi connectivity index (χ1v) is 10.6. The van der Waals surface area contributed by atoms with E-state index >= 15 is 0 Å². The van der Waals surface area contributed by atoms with E-state index in [-0.39, 0.29) is 11.7 Å². The third-order valence-electron chi connectivity index (χ3n) is 6.38. The van der Waals surface area contributed by atoms with Gasteiger partial charge in [-0.05, 0) is 79.6 Å². The molecule has 0 saturated heterocycles. The minimum Gasteiger partial charge on any atom is -0.497 e. The van der Waals surface area contributed by atoms with Crippen molar-refractivity contribution in [2.75, 3.05) is 27.2 Å². The summed E-state index contributed by atoms with van der Waals surface area (Å²) in [7, 11) is 3.79. The zero-order valence-corrected chi connectivity index (χ0v) is 18.1. The first-order chi connectivity index (χ1) is 13.8. The van der Waals surface area contributed by atoms with Crippen LogP contribution < -0.4 is 4.74 Å². The number of nitrogens with zero attached hydrogens (tertiary/aromatic N) is 1. The van der Waals surface area contributed by atoms with Gasteiger partial charge in [0.2, 0.25) is 0 Å². The molecule has 1 aliphatic carbocycles. The first-order valence-electron chi connectivity index (χ1n) is 10.6. The number of aryl methyl sites for hydroxylation is 1. The molecule has 0 aliphatic heterocycles. The SMILES string of the molecule is COc1ccc(CCN(C)CC[C@@]2(O)CCc3cc(F)ccc3[C@@H]2C(C)C)cc1. The Bertz CT molecular complexity index is 805. The van der Waals surface area contributed by atoms with Gasteiger partial charge in [0, 0.05) is 19.0 Å². The van der Waals surface area contributed by atoms with E-state index in [1.807, 2.05) is 18.2 Å². The monoisotopic (exact) mass is 399 g/mol. The highest BCUT2D eigenvalue weighted by atomic mass is 19.1. The molecule has 2 aromatic carbocycles. The Labute approximate surface area is 174 Å². The summed E-state index contributed by atoms with van der Waals surface area (Å²) in [5, 5.41) is 11.6. The summed E-state index contributed by atoms with van der Waals surface area (Å²) in [5.41, 5.74) is 2.72. The number of likely N-dealkylation sites (N-methyl/N-ethyl adjacent to an activating group) is 1. The number of hydrogen-bond donors (Lipinski definition) is 1. The topological polar surface area (TPSA) is 32.7 Å². The highest BCUT2D eigenvalue weighted by Gasteiger charge is 2.43. The second kappa shape index (κ2) is 9.27. The van der Waals surface area contributed by atoms with Crippen LogP contribution in [0.3, 0.4) is 0 Å². The van der Waals surface area contributed by atoms with Crippen molar-refractivity contribution in [2.24, 2.45) is 5.92 Å². The lowest BCUT2D eigenvalue weighted by molar-refractivity contribution is -0.0300. The van der Waals surface area contributed by atoms with Gasteiger partial charge in [0.15, 0.2) is 0 Å². The van der Waals surface area contributed by atoms with Crippen LogP contribution in [-0.4, -0.2) is 42.9 Å². The third kappa shape index (κ3) is 5.18. The summed E-state index contributed by atoms with van der Waals surface area (Å²) >= 11 is 0. The maximum absolute atomic E-state index is 13.7. The molecule has 0 bridgehead atoms. The van der Waals surface area contributed by atoms with Gasteiger partial charge in [0.1, 0.15) is 11.6 Å². The van der Waals surface area contributed by atoms with E-state index in [2.05, 4.69) is 37.9 Å². The van der Waals surface area contributed by atoms with Gasteiger partial charge >= 0.3 is 0 Å². The van der Waals surface area contributed by atoms with Crippen molar-refractivity contribution in [3.8, 4) is 5.75 Å². The molecule has 0 heterocycles. The van der Waals surface area contributed by atoms with Crippen LogP contribution in [0.1, 0.15) is 49.3 Å². The molecule has 1 aliphatic rings. The molecule has 158 valence electrons. The lowest BCUT2D eigenvalue weighted by Crippen LogP contribution is -2.45. The molecule has 2 atom stereocenters. The number of ether oxygens (including phenoxy) is 1. The molecular weight excluding hydrogens is 365 g/mol. The molecule has 0 fully saturated rings. The summed E-state index contributed by atoms with van der Waals surface area (Å²) in [6.45, 7) is 6.09. The number of rotatable bonds is 8. The molecule has 29 heavy (non-hydrogen) atoms. The molecule has 1 N–H and O–H groups in total. The van der Waals surface area contributed by atoms with Crippen molar-refractivity contribution in [1.29, 1.82) is 0 Å². The molecular formula is C25H34FNO2. The predicted molar refractivity (Wildman–Crippen MR) is 116 cm³/mol. The molecule has 3 rings (SSSR count). The van der Waals surface area contributed by atoms with E-state index in [0.717, 1.165) is 49.2 Å². The van der Waals surface area contributed by atoms with E-state index in [9.17, 15) is 9.50 Å². The number of aliphatic hydroxyl groups is 1. The number of hydrogen-bond acceptors (Lipinski definition) is 3. The molecule has 0 amide bonds. The van der Waals surface area contributed by atoms with E-state index in [4.69, 9.17) is 4.74 Å². The van der Waals surface area contributed by atoms with Crippen LogP contribution in [0.4, 0.5) is 4.39 Å². The van der Waals surface area contributed by atoms with Crippen molar-refractivity contribution in [1.82, 2.24) is 4.90 Å². The summed E-state index contributed by atoms with van der Waals surface area (Å²) in [6.07, 6.45) is 3.13. The second-order valence-electron chi connectivity index (χ2n) is 8.82. The maximum Gasteiger partial charge on any atom is 0.123 e. The Morgan fingerprint density at radius 1 is 1.17 bits per heavy atom. The van der Waals surface area contributed by atoms with Crippen LogP contribution >= 0.6 is 0 Å². The van der Waals surface area contributed by atoms with Gasteiger partial charge < -0.3 is 14.7 Å². The van der Waals surface area contributed by atoms with Crippen LogP contribution in [0.25, 0.3) is 0 Å². The Hall–Kier alpha value is -1.91. The van der Waals surface area contributed by atoms with Gasteiger partial charge in [-0.3, -0.25) is 0 Å². The average Bonchev–Trinajstić information content (AvgIpc) is 2.71. The fourth-order valence-electron chi connectivity index (χ4n) is 4.76. The minimum atomic E-state index is -0.743. The normalized spacial score (nSPS) is 21.4. The van der Waals surface area contributed by atoms with Gasteiger partial charge in [-0.2, -0.15) is 0 Å². The molecule has 3 nitrogen and oxygen atoms in total. The predicted octanol–water partition coefficient (Wildman–Crippen LogP) is 4.82. The van der Waals surface area contributed by atoms with Crippen molar-refractivity contribution in [3.63, 3.8) is 0 Å². The number of benzene rings is 2. The van der Waals surface area contributed by atoms with E-state index in [1.54, 1.807) is 13.2 Å². The summed E-state index contributed by atoms with van der Waals surface area (Å²) in [6, 6.07) is 13.2. The van der Waals surface area contributed by atoms with Gasteiger partial charge in [0.05, 0.1) is 12.7 Å². The quantitative estimate of drug-likeness (QED) is 0.691. The Balaban J connectivity index is 1.61. The number of fused-ring (bicyclic) bond motifs is 1. The van der Waals surface area contributed by atoms with Gasteiger partial charge in [-0.15, -0.1) is 0 Å². The highest BCUT2D eigenvalue weighted by molar-refractivity contribution is 5.37. The lowest BCUT2D eigenvalue weighted by Gasteiger charge is -2.44. The van der Waals surface area contributed by atoms with Crippen LogP contribution in [0.15, 0.2) is 42.5 Å². The summed E-state index contributed by atoms with van der Waals surface area (Å²) in [4.78, 5) is 2.29. The Kier molecular flexibility index (Phi) is 6.97. The number of methoxy groups -OCH3 is 1. The zero-order valence-electron chi connectivity index (χ0n) is 18.1. The lowest BCUT2D eigenvalue weighted by atomic mass is 9.66. The molecule has 0 unspecified atom stereocenters. The van der Waals surface area contributed by atoms with Gasteiger partial charge in [-0.1, -0.05) is 32.0 Å². The smallest absolute Gasteiger partial charge is 0.123 e. The fraction of sp³-hybridized carbons (Fsp3) is 0.520.